The first-order valence-corrected chi connectivity index (χ1v) is 9.73. The normalized spacial score (nSPS) is 21.8. The predicted molar refractivity (Wildman–Crippen MR) is 87.4 cm³/mol. The van der Waals surface area contributed by atoms with Gasteiger partial charge in [-0.1, -0.05) is 13.8 Å². The highest BCUT2D eigenvalue weighted by atomic mass is 32.2. The van der Waals surface area contributed by atoms with E-state index in [4.69, 9.17) is 5.14 Å². The maximum absolute atomic E-state index is 12.0. The summed E-state index contributed by atoms with van der Waals surface area (Å²) in [7, 11) is -3.56. The molecule has 2 fully saturated rings. The summed E-state index contributed by atoms with van der Waals surface area (Å²) < 4.78 is 23.7. The Bertz CT molecular complexity index is 427. The zero-order valence-corrected chi connectivity index (χ0v) is 14.5. The van der Waals surface area contributed by atoms with Crippen LogP contribution in [0.1, 0.15) is 39.5 Å². The zero-order valence-electron chi connectivity index (χ0n) is 13.7. The molecule has 130 valence electrons. The molecule has 0 aromatic rings. The zero-order chi connectivity index (χ0) is 16.6. The number of piperidine rings is 2. The van der Waals surface area contributed by atoms with Crippen molar-refractivity contribution in [3.63, 3.8) is 0 Å². The largest absolute Gasteiger partial charge is 0.356 e. The summed E-state index contributed by atoms with van der Waals surface area (Å²) >= 11 is 0. The second-order valence-corrected chi connectivity index (χ2v) is 7.20. The molecule has 2 saturated heterocycles. The van der Waals surface area contributed by atoms with Crippen LogP contribution in [0.3, 0.4) is 0 Å². The first-order chi connectivity index (χ1) is 10.5. The van der Waals surface area contributed by atoms with E-state index in [9.17, 15) is 13.2 Å². The van der Waals surface area contributed by atoms with Gasteiger partial charge in [0.05, 0.1) is 0 Å². The third-order valence-electron chi connectivity index (χ3n) is 4.21. The summed E-state index contributed by atoms with van der Waals surface area (Å²) in [4.78, 5) is 12.0. The Hall–Kier alpha value is -0.700. The Balaban J connectivity index is 0.00000116. The van der Waals surface area contributed by atoms with Crippen molar-refractivity contribution in [1.82, 2.24) is 14.9 Å². The highest BCUT2D eigenvalue weighted by Crippen LogP contribution is 2.18. The van der Waals surface area contributed by atoms with Gasteiger partial charge in [0.25, 0.3) is 10.2 Å². The molecule has 7 nitrogen and oxygen atoms in total. The van der Waals surface area contributed by atoms with E-state index in [-0.39, 0.29) is 11.8 Å². The molecular formula is C14H30N4O3S. The first kappa shape index (κ1) is 19.3. The van der Waals surface area contributed by atoms with Gasteiger partial charge in [0.2, 0.25) is 5.91 Å². The smallest absolute Gasteiger partial charge is 0.276 e. The lowest BCUT2D eigenvalue weighted by atomic mass is 9.95. The molecule has 0 spiro atoms. The number of nitrogens with two attached hydrogens (primary N) is 1. The minimum atomic E-state index is -3.56. The lowest BCUT2D eigenvalue weighted by Crippen LogP contribution is -2.45. The molecule has 2 aliphatic rings. The molecule has 4 N–H and O–H groups in total. The first-order valence-electron chi connectivity index (χ1n) is 8.23. The molecule has 0 unspecified atom stereocenters. The Kier molecular flexibility index (Phi) is 8.30. The topological polar surface area (TPSA) is 105 Å². The molecule has 0 atom stereocenters. The van der Waals surface area contributed by atoms with E-state index in [2.05, 4.69) is 10.6 Å². The van der Waals surface area contributed by atoms with Crippen LogP contribution in [0.15, 0.2) is 0 Å². The van der Waals surface area contributed by atoms with Crippen molar-refractivity contribution in [3.8, 4) is 0 Å². The lowest BCUT2D eigenvalue weighted by molar-refractivity contribution is -0.126. The van der Waals surface area contributed by atoms with Gasteiger partial charge in [0.15, 0.2) is 0 Å². The van der Waals surface area contributed by atoms with Gasteiger partial charge in [0.1, 0.15) is 0 Å². The molecular weight excluding hydrogens is 304 g/mol. The maximum Gasteiger partial charge on any atom is 0.276 e. The van der Waals surface area contributed by atoms with E-state index in [1.807, 2.05) is 13.8 Å². The van der Waals surface area contributed by atoms with Crippen molar-refractivity contribution in [2.45, 2.75) is 39.5 Å². The summed E-state index contributed by atoms with van der Waals surface area (Å²) in [6.07, 6.45) is 3.30. The summed E-state index contributed by atoms with van der Waals surface area (Å²) in [5.41, 5.74) is 0. The van der Waals surface area contributed by atoms with Crippen molar-refractivity contribution in [3.05, 3.63) is 0 Å². The third kappa shape index (κ3) is 6.20. The Labute approximate surface area is 134 Å². The van der Waals surface area contributed by atoms with Crippen molar-refractivity contribution in [1.29, 1.82) is 0 Å². The number of carbonyl (C=O) groups is 1. The molecule has 0 saturated carbocycles. The van der Waals surface area contributed by atoms with Crippen LogP contribution in [0.5, 0.6) is 0 Å². The molecule has 0 aliphatic carbocycles. The molecule has 8 heteroatoms. The fraction of sp³-hybridized carbons (Fsp3) is 0.929. The molecule has 2 aliphatic heterocycles. The van der Waals surface area contributed by atoms with Crippen LogP contribution >= 0.6 is 0 Å². The molecule has 0 bridgehead atoms. The average molecular weight is 334 g/mol. The second-order valence-electron chi connectivity index (χ2n) is 5.66. The van der Waals surface area contributed by atoms with Gasteiger partial charge in [-0.05, 0) is 44.7 Å². The van der Waals surface area contributed by atoms with Crippen LogP contribution in [-0.4, -0.2) is 51.4 Å². The lowest BCUT2D eigenvalue weighted by Gasteiger charge is -2.30. The molecule has 2 rings (SSSR count). The Morgan fingerprint density at radius 2 is 1.73 bits per heavy atom. The van der Waals surface area contributed by atoms with Crippen molar-refractivity contribution in [2.75, 3.05) is 32.7 Å². The van der Waals surface area contributed by atoms with E-state index in [1.54, 1.807) is 0 Å². The number of rotatable bonds is 4. The highest BCUT2D eigenvalue weighted by molar-refractivity contribution is 7.86. The molecule has 0 aromatic heterocycles. The second kappa shape index (κ2) is 9.44. The van der Waals surface area contributed by atoms with E-state index in [0.717, 1.165) is 38.8 Å². The van der Waals surface area contributed by atoms with Crippen LogP contribution in [0.25, 0.3) is 0 Å². The van der Waals surface area contributed by atoms with Gasteiger partial charge >= 0.3 is 0 Å². The van der Waals surface area contributed by atoms with Gasteiger partial charge in [-0.3, -0.25) is 4.79 Å². The average Bonchev–Trinajstić information content (AvgIpc) is 2.55. The van der Waals surface area contributed by atoms with Gasteiger partial charge in [-0.2, -0.15) is 12.7 Å². The van der Waals surface area contributed by atoms with E-state index in [1.165, 1.54) is 4.31 Å². The van der Waals surface area contributed by atoms with Crippen LogP contribution < -0.4 is 15.8 Å². The summed E-state index contributed by atoms with van der Waals surface area (Å²) in [6, 6.07) is 0. The number of hydrogen-bond donors (Lipinski definition) is 3. The minimum absolute atomic E-state index is 0.126. The fourth-order valence-corrected chi connectivity index (χ4v) is 3.56. The predicted octanol–water partition coefficient (Wildman–Crippen LogP) is 0.0439. The van der Waals surface area contributed by atoms with Crippen molar-refractivity contribution >= 4 is 16.1 Å². The van der Waals surface area contributed by atoms with Crippen LogP contribution in [0.4, 0.5) is 0 Å². The summed E-state index contributed by atoms with van der Waals surface area (Å²) in [5.74, 6) is 0.611. The van der Waals surface area contributed by atoms with E-state index in [0.29, 0.717) is 25.6 Å². The van der Waals surface area contributed by atoms with Crippen molar-refractivity contribution in [2.24, 2.45) is 17.0 Å². The molecule has 2 heterocycles. The number of carbonyl (C=O) groups excluding carboxylic acids is 1. The number of nitrogens with zero attached hydrogens (tertiary/aromatic N) is 1. The minimum Gasteiger partial charge on any atom is -0.356 e. The quantitative estimate of drug-likeness (QED) is 0.675. The number of nitrogens with one attached hydrogen (secondary N) is 2. The van der Waals surface area contributed by atoms with Gasteiger partial charge in [-0.25, -0.2) is 5.14 Å². The molecule has 22 heavy (non-hydrogen) atoms. The monoisotopic (exact) mass is 334 g/mol. The Morgan fingerprint density at radius 3 is 2.23 bits per heavy atom. The molecule has 0 aromatic carbocycles. The standard InChI is InChI=1S/C12H24N4O3S.C2H6/c13-20(18,19)16-7-3-10(4-8-16)9-15-12(17)11-1-5-14-6-2-11;1-2/h10-11,14H,1-9H2,(H,15,17)(H2,13,18,19);1-2H3. The number of amides is 1. The van der Waals surface area contributed by atoms with Crippen LogP contribution in [0.2, 0.25) is 0 Å². The SMILES string of the molecule is CC.NS(=O)(=O)N1CCC(CNC(=O)C2CCNCC2)CC1. The van der Waals surface area contributed by atoms with Crippen LogP contribution in [0, 0.1) is 11.8 Å². The van der Waals surface area contributed by atoms with Gasteiger partial charge in [0, 0.05) is 25.6 Å². The van der Waals surface area contributed by atoms with E-state index < -0.39 is 10.2 Å². The highest BCUT2D eigenvalue weighted by Gasteiger charge is 2.26. The third-order valence-corrected chi connectivity index (χ3v) is 5.29. The summed E-state index contributed by atoms with van der Waals surface area (Å²) in [5, 5.41) is 11.3. The van der Waals surface area contributed by atoms with Crippen molar-refractivity contribution < 1.29 is 13.2 Å². The molecule has 0 radical (unpaired) electrons. The van der Waals surface area contributed by atoms with Crippen LogP contribution in [-0.2, 0) is 15.0 Å². The fourth-order valence-electron chi connectivity index (χ4n) is 2.84. The maximum atomic E-state index is 12.0. The summed E-state index contributed by atoms with van der Waals surface area (Å²) in [6.45, 7) is 7.36. The van der Waals surface area contributed by atoms with E-state index >= 15 is 0 Å². The Morgan fingerprint density at radius 1 is 1.18 bits per heavy atom. The van der Waals surface area contributed by atoms with Gasteiger partial charge < -0.3 is 10.6 Å². The van der Waals surface area contributed by atoms with Gasteiger partial charge in [-0.15, -0.1) is 0 Å². The number of hydrogen-bond acceptors (Lipinski definition) is 4. The molecule has 1 amide bonds.